The highest BCUT2D eigenvalue weighted by Gasteiger charge is 2.36. The number of tetrazole rings is 1. The van der Waals surface area contributed by atoms with E-state index in [1.165, 1.54) is 29.3 Å². The highest BCUT2D eigenvalue weighted by Crippen LogP contribution is 2.41. The first-order valence-electron chi connectivity index (χ1n) is 17.5. The number of hydrogen-bond donors (Lipinski definition) is 2. The van der Waals surface area contributed by atoms with E-state index in [0.717, 1.165) is 9.87 Å². The van der Waals surface area contributed by atoms with Crippen LogP contribution in [0.25, 0.3) is 11.4 Å². The first kappa shape index (κ1) is 43.3. The van der Waals surface area contributed by atoms with Crippen molar-refractivity contribution < 1.29 is 40.9 Å². The van der Waals surface area contributed by atoms with Crippen molar-refractivity contribution in [1.82, 2.24) is 29.8 Å². The van der Waals surface area contributed by atoms with Crippen LogP contribution < -0.4 is 23.8 Å². The first-order chi connectivity index (χ1) is 27.1. The molecule has 0 aliphatic heterocycles. The molecule has 2 N–H and O–H groups in total. The number of amides is 1. The molecule has 0 aliphatic rings. The maximum Gasteiger partial charge on any atom is 0.407 e. The van der Waals surface area contributed by atoms with Crippen molar-refractivity contribution in [2.24, 2.45) is 0 Å². The van der Waals surface area contributed by atoms with Crippen LogP contribution in [0.15, 0.2) is 89.8 Å². The molecule has 57 heavy (non-hydrogen) atoms. The number of carbonyl (C=O) groups is 1. The fraction of sp³-hybridized carbons (Fsp3) is 0.316. The van der Waals surface area contributed by atoms with Crippen LogP contribution in [0.4, 0.5) is 10.5 Å². The SMILES string of the molecule is COc1ccc(CN(Cc2ccc(OC)cc2)S(=O)(=O)c2c(N(CCNC(=O)OC(C)(C)C)S(=O)O)ccc(I)c2-c2nnnn2Cc2ccc(OC)cc2)cc1. The van der Waals surface area contributed by atoms with E-state index in [1.54, 1.807) is 94.6 Å². The molecule has 0 saturated heterocycles. The number of alkyl carbamates (subject to hydrolysis) is 1. The van der Waals surface area contributed by atoms with E-state index in [0.29, 0.717) is 31.9 Å². The third-order valence-electron chi connectivity index (χ3n) is 8.41. The third kappa shape index (κ3) is 11.2. The molecular weight excluding hydrogens is 889 g/mol. The number of nitrogens with one attached hydrogen (secondary N) is 1. The summed E-state index contributed by atoms with van der Waals surface area (Å²) in [6.07, 6.45) is -0.745. The zero-order valence-corrected chi connectivity index (χ0v) is 36.0. The Morgan fingerprint density at radius 2 is 1.35 bits per heavy atom. The molecule has 0 radical (unpaired) electrons. The fourth-order valence-electron chi connectivity index (χ4n) is 5.69. The number of sulfonamides is 1. The predicted octanol–water partition coefficient (Wildman–Crippen LogP) is 5.88. The van der Waals surface area contributed by atoms with E-state index < -0.39 is 33.0 Å². The van der Waals surface area contributed by atoms with E-state index in [4.69, 9.17) is 18.9 Å². The van der Waals surface area contributed by atoms with Crippen LogP contribution in [0.3, 0.4) is 0 Å². The van der Waals surface area contributed by atoms with Crippen molar-refractivity contribution in [3.05, 3.63) is 105 Å². The second-order valence-electron chi connectivity index (χ2n) is 13.5. The minimum Gasteiger partial charge on any atom is -0.497 e. The molecule has 1 aromatic heterocycles. The number of nitrogens with zero attached hydrogens (tertiary/aromatic N) is 6. The number of methoxy groups -OCH3 is 3. The van der Waals surface area contributed by atoms with E-state index in [1.807, 2.05) is 34.7 Å². The average molecular weight is 934 g/mol. The highest BCUT2D eigenvalue weighted by molar-refractivity contribution is 14.1. The van der Waals surface area contributed by atoms with Crippen molar-refractivity contribution in [3.8, 4) is 28.6 Å². The lowest BCUT2D eigenvalue weighted by atomic mass is 10.1. The monoisotopic (exact) mass is 933 g/mol. The Hall–Kier alpha value is -4.83. The van der Waals surface area contributed by atoms with Crippen LogP contribution >= 0.6 is 22.6 Å². The van der Waals surface area contributed by atoms with Gasteiger partial charge in [-0.1, -0.05) is 36.4 Å². The maximum absolute atomic E-state index is 15.6. The van der Waals surface area contributed by atoms with Crippen LogP contribution in [-0.2, 0) is 45.7 Å². The van der Waals surface area contributed by atoms with Gasteiger partial charge in [0.05, 0.1) is 45.7 Å². The Balaban J connectivity index is 1.69. The molecular formula is C38H44IN7O9S2. The lowest BCUT2D eigenvalue weighted by molar-refractivity contribution is 0.0529. The molecule has 1 heterocycles. The minimum absolute atomic E-state index is 0.0953. The summed E-state index contributed by atoms with van der Waals surface area (Å²) in [6.45, 7) is 4.64. The van der Waals surface area contributed by atoms with Crippen molar-refractivity contribution in [3.63, 3.8) is 0 Å². The molecule has 0 bridgehead atoms. The van der Waals surface area contributed by atoms with Gasteiger partial charge in [0.25, 0.3) is 11.3 Å². The van der Waals surface area contributed by atoms with Crippen LogP contribution in [0.2, 0.25) is 0 Å². The third-order valence-corrected chi connectivity index (χ3v) is 11.9. The summed E-state index contributed by atoms with van der Waals surface area (Å²) in [6, 6.07) is 24.3. The Morgan fingerprint density at radius 3 is 1.82 bits per heavy atom. The van der Waals surface area contributed by atoms with Gasteiger partial charge in [-0.3, -0.25) is 8.86 Å². The summed E-state index contributed by atoms with van der Waals surface area (Å²) in [5.41, 5.74) is 1.29. The minimum atomic E-state index is -4.64. The summed E-state index contributed by atoms with van der Waals surface area (Å²) < 4.78 is 80.6. The lowest BCUT2D eigenvalue weighted by Crippen LogP contribution is -2.39. The van der Waals surface area contributed by atoms with E-state index in [2.05, 4.69) is 20.8 Å². The van der Waals surface area contributed by atoms with Crippen molar-refractivity contribution in [2.75, 3.05) is 38.7 Å². The summed E-state index contributed by atoms with van der Waals surface area (Å²) in [5, 5.41) is 15.0. The van der Waals surface area contributed by atoms with Gasteiger partial charge in [-0.2, -0.15) is 4.31 Å². The van der Waals surface area contributed by atoms with Crippen molar-refractivity contribution >= 4 is 55.7 Å². The van der Waals surface area contributed by atoms with Crippen LogP contribution in [-0.4, -0.2) is 87.8 Å². The molecule has 1 atom stereocenters. The number of benzene rings is 4. The number of rotatable bonds is 17. The Kier molecular flexibility index (Phi) is 14.5. The van der Waals surface area contributed by atoms with Gasteiger partial charge in [0.1, 0.15) is 27.7 Å². The lowest BCUT2D eigenvalue weighted by Gasteiger charge is -2.29. The number of ether oxygens (including phenoxy) is 4. The second kappa shape index (κ2) is 19.1. The normalized spacial score (nSPS) is 12.2. The quantitative estimate of drug-likeness (QED) is 0.0835. The highest BCUT2D eigenvalue weighted by atomic mass is 127. The number of carbonyl (C=O) groups excluding carboxylic acids is 1. The van der Waals surface area contributed by atoms with Gasteiger partial charge in [-0.25, -0.2) is 22.1 Å². The summed E-state index contributed by atoms with van der Waals surface area (Å²) in [4.78, 5) is 12.2. The predicted molar refractivity (Wildman–Crippen MR) is 223 cm³/mol. The average Bonchev–Trinajstić information content (AvgIpc) is 3.63. The number of halogens is 1. The van der Waals surface area contributed by atoms with Crippen LogP contribution in [0.1, 0.15) is 37.5 Å². The molecule has 1 unspecified atom stereocenters. The van der Waals surface area contributed by atoms with Crippen LogP contribution in [0.5, 0.6) is 17.2 Å². The second-order valence-corrected chi connectivity index (χ2v) is 17.4. The van der Waals surface area contributed by atoms with Gasteiger partial charge < -0.3 is 24.3 Å². The zero-order valence-electron chi connectivity index (χ0n) is 32.2. The largest absolute Gasteiger partial charge is 0.497 e. The maximum atomic E-state index is 15.6. The van der Waals surface area contributed by atoms with E-state index in [-0.39, 0.29) is 54.7 Å². The fourth-order valence-corrected chi connectivity index (χ4v) is 8.99. The Labute approximate surface area is 348 Å². The van der Waals surface area contributed by atoms with Gasteiger partial charge in [-0.05, 0) is 119 Å². The van der Waals surface area contributed by atoms with Gasteiger partial charge in [0.15, 0.2) is 5.82 Å². The number of hydrogen-bond acceptors (Lipinski definition) is 11. The summed E-state index contributed by atoms with van der Waals surface area (Å²) >= 11 is -0.763. The number of aromatic nitrogens is 4. The van der Waals surface area contributed by atoms with Gasteiger partial charge in [0, 0.05) is 23.2 Å². The summed E-state index contributed by atoms with van der Waals surface area (Å²) in [5.74, 6) is 1.93. The smallest absolute Gasteiger partial charge is 0.407 e. The van der Waals surface area contributed by atoms with Gasteiger partial charge in [0.2, 0.25) is 10.0 Å². The van der Waals surface area contributed by atoms with Gasteiger partial charge in [-0.15, -0.1) is 5.10 Å². The van der Waals surface area contributed by atoms with E-state index >= 15 is 8.42 Å². The number of anilines is 1. The molecule has 0 spiro atoms. The standard InChI is InChI=1S/C38H44IN7O9S2/c1-38(2,3)55-37(47)40-21-22-46(56(48)49)33-20-19-32(39)34(36-41-42-43-45(36)25-28-11-17-31(54-6)18-12-28)35(33)57(50,51)44(23-26-7-13-29(52-4)14-8-26)24-27-9-15-30(53-5)16-10-27/h7-20H,21-25H2,1-6H3,(H,40,47)(H,48,49). The molecule has 5 rings (SSSR count). The van der Waals surface area contributed by atoms with E-state index in [9.17, 15) is 13.6 Å². The first-order valence-corrected chi connectivity index (χ1v) is 21.0. The molecule has 4 aromatic carbocycles. The summed E-state index contributed by atoms with van der Waals surface area (Å²) in [7, 11) is 0.00254. The van der Waals surface area contributed by atoms with Crippen LogP contribution in [0, 0.1) is 3.57 Å². The topological polar surface area (TPSA) is 188 Å². The molecule has 304 valence electrons. The Bertz CT molecular complexity index is 2220. The molecule has 16 nitrogen and oxygen atoms in total. The molecule has 0 aliphatic carbocycles. The van der Waals surface area contributed by atoms with Gasteiger partial charge >= 0.3 is 6.09 Å². The molecule has 5 aromatic rings. The zero-order chi connectivity index (χ0) is 41.3. The molecule has 0 fully saturated rings. The van der Waals surface area contributed by atoms with Crippen molar-refractivity contribution in [1.29, 1.82) is 0 Å². The molecule has 19 heteroatoms. The molecule has 1 amide bonds. The van der Waals surface area contributed by atoms with Crippen molar-refractivity contribution in [2.45, 2.75) is 50.9 Å². The molecule has 0 saturated carbocycles. The Morgan fingerprint density at radius 1 is 0.842 bits per heavy atom.